The molecule has 0 aliphatic heterocycles. The maximum Gasteiger partial charge on any atom is 0.306 e. The number of carbonyl (C=O) groups is 2. The van der Waals surface area contributed by atoms with Crippen molar-refractivity contribution in [3.63, 3.8) is 0 Å². The van der Waals surface area contributed by atoms with E-state index in [1.807, 2.05) is 0 Å². The summed E-state index contributed by atoms with van der Waals surface area (Å²) < 4.78 is 17.3. The maximum atomic E-state index is 12.8. The second-order valence-electron chi connectivity index (χ2n) is 15.9. The first kappa shape index (κ1) is 59.8. The van der Waals surface area contributed by atoms with Crippen LogP contribution >= 0.6 is 0 Å². The Kier molecular flexibility index (Phi) is 49.6. The van der Waals surface area contributed by atoms with E-state index in [1.165, 1.54) is 19.3 Å². The third-order valence-corrected chi connectivity index (χ3v) is 9.85. The van der Waals surface area contributed by atoms with Gasteiger partial charge >= 0.3 is 11.9 Å². The van der Waals surface area contributed by atoms with Gasteiger partial charge < -0.3 is 14.2 Å². The molecule has 0 heterocycles. The highest BCUT2D eigenvalue weighted by atomic mass is 16.6. The van der Waals surface area contributed by atoms with Gasteiger partial charge in [-0.1, -0.05) is 186 Å². The van der Waals surface area contributed by atoms with E-state index in [-0.39, 0.29) is 25.2 Å². The smallest absolute Gasteiger partial charge is 0.306 e. The molecule has 0 aromatic heterocycles. The summed E-state index contributed by atoms with van der Waals surface area (Å²) in [5.74, 6) is -0.518. The van der Waals surface area contributed by atoms with E-state index < -0.39 is 6.10 Å². The number of ether oxygens (including phenoxy) is 3. The quantitative estimate of drug-likeness (QED) is 0.0347. The van der Waals surface area contributed by atoms with Crippen molar-refractivity contribution < 1.29 is 23.8 Å². The second kappa shape index (κ2) is 53.1. The number of allylic oxidation sites excluding steroid dienone is 24. The lowest BCUT2D eigenvalue weighted by Crippen LogP contribution is -2.30. The van der Waals surface area contributed by atoms with Crippen molar-refractivity contribution in [3.05, 3.63) is 146 Å². The Morgan fingerprint density at radius 3 is 1.05 bits per heavy atom. The van der Waals surface area contributed by atoms with Crippen LogP contribution < -0.4 is 0 Å². The lowest BCUT2D eigenvalue weighted by Gasteiger charge is -2.18. The first-order chi connectivity index (χ1) is 31.6. The van der Waals surface area contributed by atoms with Crippen LogP contribution in [-0.4, -0.2) is 37.9 Å². The minimum atomic E-state index is -0.596. The molecule has 0 saturated carbocycles. The SMILES string of the molecule is CC/C=C\C/C=C\C/C=C\C/C=C\CCCCCCCOCC(COC(=O)CCCC/C=C\C/C=C\C/C=C\C/C=C\CC)OC(=O)CCCC/C=C\C/C=C\C/C=C\C/C=C\CC. The molecule has 0 aromatic rings. The predicted molar refractivity (Wildman–Crippen MR) is 278 cm³/mol. The van der Waals surface area contributed by atoms with Crippen LogP contribution in [0.3, 0.4) is 0 Å². The van der Waals surface area contributed by atoms with Crippen LogP contribution in [0.15, 0.2) is 146 Å². The molecule has 1 unspecified atom stereocenters. The zero-order chi connectivity index (χ0) is 46.3. The van der Waals surface area contributed by atoms with E-state index in [9.17, 15) is 9.59 Å². The molecule has 358 valence electrons. The number of hydrogen-bond donors (Lipinski definition) is 0. The van der Waals surface area contributed by atoms with Crippen LogP contribution in [0.4, 0.5) is 0 Å². The van der Waals surface area contributed by atoms with Crippen molar-refractivity contribution in [1.82, 2.24) is 0 Å². The highest BCUT2D eigenvalue weighted by Crippen LogP contribution is 2.10. The van der Waals surface area contributed by atoms with Gasteiger partial charge in [-0.3, -0.25) is 9.59 Å². The zero-order valence-electron chi connectivity index (χ0n) is 41.0. The van der Waals surface area contributed by atoms with E-state index >= 15 is 0 Å². The topological polar surface area (TPSA) is 61.8 Å². The molecular formula is C59H92O5. The van der Waals surface area contributed by atoms with Crippen LogP contribution in [0.2, 0.25) is 0 Å². The molecule has 0 aliphatic rings. The van der Waals surface area contributed by atoms with Gasteiger partial charge in [-0.25, -0.2) is 0 Å². The molecular weight excluding hydrogens is 789 g/mol. The van der Waals surface area contributed by atoms with Gasteiger partial charge in [0.15, 0.2) is 6.10 Å². The molecule has 0 spiro atoms. The van der Waals surface area contributed by atoms with Gasteiger partial charge in [-0.2, -0.15) is 0 Å². The Labute approximate surface area is 393 Å². The van der Waals surface area contributed by atoms with Gasteiger partial charge in [0, 0.05) is 19.4 Å². The fourth-order valence-electron chi connectivity index (χ4n) is 6.19. The molecule has 0 aromatic carbocycles. The van der Waals surface area contributed by atoms with Crippen molar-refractivity contribution >= 4 is 11.9 Å². The summed E-state index contributed by atoms with van der Waals surface area (Å²) in [4.78, 5) is 25.4. The summed E-state index contributed by atoms with van der Waals surface area (Å²) in [7, 11) is 0. The monoisotopic (exact) mass is 881 g/mol. The summed E-state index contributed by atoms with van der Waals surface area (Å²) >= 11 is 0. The van der Waals surface area contributed by atoms with Gasteiger partial charge in [0.1, 0.15) is 6.61 Å². The molecule has 0 rings (SSSR count). The van der Waals surface area contributed by atoms with E-state index in [0.29, 0.717) is 19.4 Å². The van der Waals surface area contributed by atoms with E-state index in [4.69, 9.17) is 14.2 Å². The fraction of sp³-hybridized carbons (Fsp3) is 0.559. The summed E-state index contributed by atoms with van der Waals surface area (Å²) in [6, 6.07) is 0. The van der Waals surface area contributed by atoms with Gasteiger partial charge in [0.25, 0.3) is 0 Å². The van der Waals surface area contributed by atoms with Crippen LogP contribution in [0.25, 0.3) is 0 Å². The fourth-order valence-corrected chi connectivity index (χ4v) is 6.19. The molecule has 64 heavy (non-hydrogen) atoms. The maximum absolute atomic E-state index is 12.8. The number of carbonyl (C=O) groups excluding carboxylic acids is 2. The molecule has 1 atom stereocenters. The lowest BCUT2D eigenvalue weighted by molar-refractivity contribution is -0.163. The standard InChI is InChI=1S/C59H92O5/c1-4-7-10-13-16-19-22-25-28-29-30-33-36-39-42-45-48-51-54-62-55-57(64-59(61)53-50-47-44-41-38-35-32-27-24-21-18-15-12-9-6-3)56-63-58(60)52-49-46-43-40-37-34-31-26-23-20-17-14-11-8-5-2/h7-12,16-21,25-28,30-33,37-38,40-41,57H,4-6,13-15,22-24,29,34-36,39,42-56H2,1-3H3/b10-7-,11-8-,12-9-,19-16-,20-17-,21-18-,28-25-,31-26-,32-27-,33-30-,40-37-,41-38-. The Morgan fingerprint density at radius 2 is 0.656 bits per heavy atom. The molecule has 0 radical (unpaired) electrons. The van der Waals surface area contributed by atoms with Gasteiger partial charge in [-0.05, 0) is 135 Å². The minimum absolute atomic E-state index is 0.0285. The van der Waals surface area contributed by atoms with Crippen molar-refractivity contribution in [3.8, 4) is 0 Å². The molecule has 0 N–H and O–H groups in total. The third kappa shape index (κ3) is 50.4. The average Bonchev–Trinajstić information content (AvgIpc) is 3.30. The molecule has 5 heteroatoms. The summed E-state index contributed by atoms with van der Waals surface area (Å²) in [6.07, 6.45) is 77.2. The number of esters is 2. The van der Waals surface area contributed by atoms with Gasteiger partial charge in [0.05, 0.1) is 6.61 Å². The normalized spacial score (nSPS) is 13.5. The van der Waals surface area contributed by atoms with Gasteiger partial charge in [0.2, 0.25) is 0 Å². The molecule has 0 saturated heterocycles. The highest BCUT2D eigenvalue weighted by Gasteiger charge is 2.17. The van der Waals surface area contributed by atoms with Crippen LogP contribution in [0.5, 0.6) is 0 Å². The van der Waals surface area contributed by atoms with E-state index in [1.54, 1.807) is 0 Å². The lowest BCUT2D eigenvalue weighted by atomic mass is 10.1. The summed E-state index contributed by atoms with van der Waals surface area (Å²) in [6.45, 7) is 7.32. The molecule has 0 bridgehead atoms. The molecule has 0 aliphatic carbocycles. The Hall–Kier alpha value is -4.22. The Bertz CT molecular complexity index is 1410. The van der Waals surface area contributed by atoms with E-state index in [2.05, 4.69) is 167 Å². The minimum Gasteiger partial charge on any atom is -0.462 e. The first-order valence-electron chi connectivity index (χ1n) is 25.4. The zero-order valence-corrected chi connectivity index (χ0v) is 41.0. The number of hydrogen-bond acceptors (Lipinski definition) is 5. The Morgan fingerprint density at radius 1 is 0.344 bits per heavy atom. The largest absolute Gasteiger partial charge is 0.462 e. The molecule has 0 amide bonds. The molecule has 5 nitrogen and oxygen atoms in total. The van der Waals surface area contributed by atoms with Crippen molar-refractivity contribution in [2.24, 2.45) is 0 Å². The van der Waals surface area contributed by atoms with Gasteiger partial charge in [-0.15, -0.1) is 0 Å². The molecule has 0 fully saturated rings. The average molecular weight is 881 g/mol. The summed E-state index contributed by atoms with van der Waals surface area (Å²) in [5.41, 5.74) is 0. The Balaban J connectivity index is 4.48. The predicted octanol–water partition coefficient (Wildman–Crippen LogP) is 17.3. The van der Waals surface area contributed by atoms with E-state index in [0.717, 1.165) is 135 Å². The number of unbranched alkanes of at least 4 members (excludes halogenated alkanes) is 9. The van der Waals surface area contributed by atoms with Crippen LogP contribution in [-0.2, 0) is 23.8 Å². The second-order valence-corrected chi connectivity index (χ2v) is 15.9. The summed E-state index contributed by atoms with van der Waals surface area (Å²) in [5, 5.41) is 0. The number of rotatable bonds is 44. The van der Waals surface area contributed by atoms with Crippen molar-refractivity contribution in [1.29, 1.82) is 0 Å². The third-order valence-electron chi connectivity index (χ3n) is 9.85. The van der Waals surface area contributed by atoms with Crippen LogP contribution in [0.1, 0.15) is 188 Å². The van der Waals surface area contributed by atoms with Crippen LogP contribution in [0, 0.1) is 0 Å². The first-order valence-corrected chi connectivity index (χ1v) is 25.4. The highest BCUT2D eigenvalue weighted by molar-refractivity contribution is 5.70. The van der Waals surface area contributed by atoms with Crippen molar-refractivity contribution in [2.45, 2.75) is 194 Å². The van der Waals surface area contributed by atoms with Crippen molar-refractivity contribution in [2.75, 3.05) is 19.8 Å².